The van der Waals surface area contributed by atoms with Gasteiger partial charge in [0.05, 0.1) is 17.7 Å². The van der Waals surface area contributed by atoms with E-state index >= 15 is 0 Å². The molecule has 3 rings (SSSR count). The van der Waals surface area contributed by atoms with Crippen LogP contribution < -0.4 is 0 Å². The highest BCUT2D eigenvalue weighted by Crippen LogP contribution is 2.33. The van der Waals surface area contributed by atoms with E-state index in [-0.39, 0.29) is 11.9 Å². The second kappa shape index (κ2) is 6.03. The van der Waals surface area contributed by atoms with Crippen LogP contribution in [0.4, 0.5) is 0 Å². The molecule has 0 aliphatic carbocycles. The van der Waals surface area contributed by atoms with Crippen LogP contribution in [0.2, 0.25) is 0 Å². The predicted octanol–water partition coefficient (Wildman–Crippen LogP) is 2.13. The van der Waals surface area contributed by atoms with E-state index in [0.29, 0.717) is 12.1 Å². The Labute approximate surface area is 133 Å². The summed E-state index contributed by atoms with van der Waals surface area (Å²) in [5, 5.41) is 0. The molecule has 1 amide bonds. The minimum absolute atomic E-state index is 0.170. The number of amides is 1. The van der Waals surface area contributed by atoms with Crippen LogP contribution in [-0.4, -0.2) is 50.4 Å². The lowest BCUT2D eigenvalue weighted by molar-refractivity contribution is -0.142. The summed E-state index contributed by atoms with van der Waals surface area (Å²) in [5.41, 5.74) is 2.20. The standard InChI is InChI=1S/C17H28N4O/c1-12(2)20-10-8-14-15(19(4)11-18-14)16(20)17(22)21-9-6-5-7-13(21)3/h11-13,16H,5-10H2,1-4H3/t13-,16-/m0/s1. The third-order valence-electron chi connectivity index (χ3n) is 5.24. The number of aromatic nitrogens is 2. The number of aryl methyl sites for hydroxylation is 1. The molecule has 0 spiro atoms. The molecule has 1 fully saturated rings. The van der Waals surface area contributed by atoms with Gasteiger partial charge in [0.15, 0.2) is 0 Å². The highest BCUT2D eigenvalue weighted by atomic mass is 16.2. The summed E-state index contributed by atoms with van der Waals surface area (Å²) in [6.45, 7) is 8.36. The van der Waals surface area contributed by atoms with E-state index in [1.54, 1.807) is 0 Å². The van der Waals surface area contributed by atoms with Crippen LogP contribution >= 0.6 is 0 Å². The number of imidazole rings is 1. The van der Waals surface area contributed by atoms with Gasteiger partial charge in [-0.3, -0.25) is 9.69 Å². The highest BCUT2D eigenvalue weighted by molar-refractivity contribution is 5.84. The molecule has 0 bridgehead atoms. The maximum absolute atomic E-state index is 13.3. The predicted molar refractivity (Wildman–Crippen MR) is 86.5 cm³/mol. The van der Waals surface area contributed by atoms with Gasteiger partial charge in [-0.2, -0.15) is 0 Å². The van der Waals surface area contributed by atoms with Crippen LogP contribution in [0.25, 0.3) is 0 Å². The van der Waals surface area contributed by atoms with E-state index < -0.39 is 0 Å². The van der Waals surface area contributed by atoms with Gasteiger partial charge < -0.3 is 9.47 Å². The molecule has 0 aromatic carbocycles. The summed E-state index contributed by atoms with van der Waals surface area (Å²) in [6.07, 6.45) is 6.28. The Morgan fingerprint density at radius 2 is 2.09 bits per heavy atom. The van der Waals surface area contributed by atoms with Crippen LogP contribution in [0.5, 0.6) is 0 Å². The lowest BCUT2D eigenvalue weighted by atomic mass is 9.96. The van der Waals surface area contributed by atoms with Crippen molar-refractivity contribution in [3.8, 4) is 0 Å². The molecular weight excluding hydrogens is 276 g/mol. The summed E-state index contributed by atoms with van der Waals surface area (Å²) in [7, 11) is 2.01. The number of likely N-dealkylation sites (tertiary alicyclic amines) is 1. The lowest BCUT2D eigenvalue weighted by Crippen LogP contribution is -2.52. The van der Waals surface area contributed by atoms with Crippen molar-refractivity contribution >= 4 is 5.91 Å². The van der Waals surface area contributed by atoms with Gasteiger partial charge in [-0.1, -0.05) is 0 Å². The van der Waals surface area contributed by atoms with Crippen molar-refractivity contribution in [2.75, 3.05) is 13.1 Å². The quantitative estimate of drug-likeness (QED) is 0.840. The molecule has 2 aliphatic heterocycles. The van der Waals surface area contributed by atoms with Crippen LogP contribution in [-0.2, 0) is 18.3 Å². The normalized spacial score (nSPS) is 26.3. The molecule has 3 heterocycles. The van der Waals surface area contributed by atoms with Crippen molar-refractivity contribution < 1.29 is 4.79 Å². The Bertz CT molecular complexity index is 551. The highest BCUT2D eigenvalue weighted by Gasteiger charge is 2.40. The zero-order chi connectivity index (χ0) is 15.9. The van der Waals surface area contributed by atoms with E-state index in [0.717, 1.165) is 43.7 Å². The molecule has 0 unspecified atom stereocenters. The van der Waals surface area contributed by atoms with Gasteiger partial charge in [-0.05, 0) is 40.0 Å². The largest absolute Gasteiger partial charge is 0.338 e. The Kier molecular flexibility index (Phi) is 4.26. The van der Waals surface area contributed by atoms with Crippen LogP contribution in [0.1, 0.15) is 57.5 Å². The number of nitrogens with zero attached hydrogens (tertiary/aromatic N) is 4. The van der Waals surface area contributed by atoms with Gasteiger partial charge in [0, 0.05) is 38.6 Å². The molecule has 2 aliphatic rings. The molecule has 2 atom stereocenters. The SMILES string of the molecule is CC(C)N1CCc2ncn(C)c2[C@H]1C(=O)N1CCCC[C@@H]1C. The molecule has 1 aromatic rings. The molecule has 122 valence electrons. The number of piperidine rings is 1. The average Bonchev–Trinajstić information content (AvgIpc) is 2.87. The van der Waals surface area contributed by atoms with Crippen molar-refractivity contribution in [1.82, 2.24) is 19.4 Å². The maximum Gasteiger partial charge on any atom is 0.246 e. The van der Waals surface area contributed by atoms with Crippen LogP contribution in [0.3, 0.4) is 0 Å². The third-order valence-corrected chi connectivity index (χ3v) is 5.24. The number of hydrogen-bond acceptors (Lipinski definition) is 3. The first kappa shape index (κ1) is 15.5. The van der Waals surface area contributed by atoms with Crippen molar-refractivity contribution in [2.45, 2.75) is 64.6 Å². The van der Waals surface area contributed by atoms with E-state index in [4.69, 9.17) is 0 Å². The number of fused-ring (bicyclic) bond motifs is 1. The molecule has 5 heteroatoms. The van der Waals surface area contributed by atoms with E-state index in [1.165, 1.54) is 6.42 Å². The van der Waals surface area contributed by atoms with Gasteiger partial charge in [-0.25, -0.2) is 4.98 Å². The molecule has 0 radical (unpaired) electrons. The lowest BCUT2D eigenvalue weighted by Gasteiger charge is -2.42. The zero-order valence-electron chi connectivity index (χ0n) is 14.2. The number of rotatable bonds is 2. The van der Waals surface area contributed by atoms with Gasteiger partial charge in [-0.15, -0.1) is 0 Å². The van der Waals surface area contributed by atoms with Crippen molar-refractivity contribution in [2.24, 2.45) is 7.05 Å². The van der Waals surface area contributed by atoms with E-state index in [9.17, 15) is 4.79 Å². The molecule has 5 nitrogen and oxygen atoms in total. The number of carbonyl (C=O) groups is 1. The second-order valence-electron chi connectivity index (χ2n) is 7.05. The fourth-order valence-electron chi connectivity index (χ4n) is 3.95. The molecule has 1 saturated heterocycles. The smallest absolute Gasteiger partial charge is 0.246 e. The molecule has 0 N–H and O–H groups in total. The first-order valence-electron chi connectivity index (χ1n) is 8.57. The van der Waals surface area contributed by atoms with Crippen LogP contribution in [0, 0.1) is 0 Å². The van der Waals surface area contributed by atoms with E-state index in [2.05, 4.69) is 35.6 Å². The first-order valence-corrected chi connectivity index (χ1v) is 8.57. The van der Waals surface area contributed by atoms with Crippen LogP contribution in [0.15, 0.2) is 6.33 Å². The second-order valence-corrected chi connectivity index (χ2v) is 7.05. The topological polar surface area (TPSA) is 41.4 Å². The van der Waals surface area contributed by atoms with Crippen molar-refractivity contribution in [3.63, 3.8) is 0 Å². The Hall–Kier alpha value is -1.36. The summed E-state index contributed by atoms with van der Waals surface area (Å²) < 4.78 is 2.04. The van der Waals surface area contributed by atoms with Gasteiger partial charge in [0.2, 0.25) is 5.91 Å². The Balaban J connectivity index is 1.96. The Morgan fingerprint density at radius 1 is 1.32 bits per heavy atom. The monoisotopic (exact) mass is 304 g/mol. The minimum Gasteiger partial charge on any atom is -0.338 e. The molecule has 22 heavy (non-hydrogen) atoms. The van der Waals surface area contributed by atoms with Gasteiger partial charge in [0.1, 0.15) is 6.04 Å². The van der Waals surface area contributed by atoms with E-state index in [1.807, 2.05) is 17.9 Å². The summed E-state index contributed by atoms with van der Waals surface area (Å²) >= 11 is 0. The van der Waals surface area contributed by atoms with Crippen molar-refractivity contribution in [1.29, 1.82) is 0 Å². The van der Waals surface area contributed by atoms with Gasteiger partial charge in [0.25, 0.3) is 0 Å². The maximum atomic E-state index is 13.3. The fourth-order valence-corrected chi connectivity index (χ4v) is 3.95. The molecular formula is C17H28N4O. The summed E-state index contributed by atoms with van der Waals surface area (Å²) in [6, 6.07) is 0.544. The van der Waals surface area contributed by atoms with Gasteiger partial charge >= 0.3 is 0 Å². The summed E-state index contributed by atoms with van der Waals surface area (Å²) in [4.78, 5) is 22.3. The van der Waals surface area contributed by atoms with Crippen molar-refractivity contribution in [3.05, 3.63) is 17.7 Å². The third kappa shape index (κ3) is 2.56. The molecule has 1 aromatic heterocycles. The Morgan fingerprint density at radius 3 is 2.77 bits per heavy atom. The molecule has 0 saturated carbocycles. The average molecular weight is 304 g/mol. The first-order chi connectivity index (χ1) is 10.5. The number of carbonyl (C=O) groups excluding carboxylic acids is 1. The zero-order valence-corrected chi connectivity index (χ0v) is 14.2. The number of hydrogen-bond donors (Lipinski definition) is 0. The minimum atomic E-state index is -0.170. The summed E-state index contributed by atoms with van der Waals surface area (Å²) in [5.74, 6) is 0.269. The fraction of sp³-hybridized carbons (Fsp3) is 0.765.